The van der Waals surface area contributed by atoms with Crippen molar-refractivity contribution < 1.29 is 79.2 Å². The van der Waals surface area contributed by atoms with Gasteiger partial charge < -0.3 is 20.9 Å². The van der Waals surface area contributed by atoms with Crippen LogP contribution in [0.3, 0.4) is 0 Å². The molecule has 0 saturated carbocycles. The van der Waals surface area contributed by atoms with Crippen molar-refractivity contribution in [3.63, 3.8) is 0 Å². The fourth-order valence-corrected chi connectivity index (χ4v) is 6.76. The van der Waals surface area contributed by atoms with Crippen LogP contribution in [-0.4, -0.2) is 36.0 Å². The fraction of sp³-hybridized carbons (Fsp3) is 0.429. The van der Waals surface area contributed by atoms with Crippen LogP contribution >= 0.6 is 0 Å². The Morgan fingerprint density at radius 1 is 1.09 bits per heavy atom. The van der Waals surface area contributed by atoms with Crippen molar-refractivity contribution in [1.82, 2.24) is 15.0 Å². The Morgan fingerprint density at radius 2 is 1.77 bits per heavy atom. The number of benzene rings is 1. The molecule has 2 unspecified atom stereocenters. The van der Waals surface area contributed by atoms with Gasteiger partial charge in [0, 0.05) is 11.9 Å². The SMILES string of the molecule is CCOC(=O)C1CCCc2c1ccn2S(=O)(=O)c1ccc(C)cc1.O=C(O)C1CCCC2=C1C=CC2.[K+].[N-]=NNNN=O. The van der Waals surface area contributed by atoms with Crippen molar-refractivity contribution in [3.8, 4) is 0 Å². The number of carbonyl (C=O) groups excluding carboxylic acids is 1. The minimum atomic E-state index is -3.65. The van der Waals surface area contributed by atoms with Gasteiger partial charge in [-0.2, -0.15) is 0 Å². The van der Waals surface area contributed by atoms with E-state index in [1.165, 1.54) is 9.55 Å². The molecule has 1 heterocycles. The average molecular weight is 639 g/mol. The standard InChI is InChI=1S/C18H21NO4S.C10H12O2.K.H2N5O/c1-3-23-18(20)16-5-4-6-17-15(16)11-12-19(17)24(21,22)14-9-7-13(2)8-10-14;11-10(12)9-6-2-4-7-3-1-5-8(7)9;;1-2-3-4-5-6/h7-12,16H,3-6H2,1-2H3;1,5,9H,2-4,6H2,(H,11,12);;(H2-,1,2,3,4,5,6)/q;;+1;-1. The smallest absolute Gasteiger partial charge is 0.481 e. The molecule has 15 heteroatoms. The van der Waals surface area contributed by atoms with E-state index in [0.29, 0.717) is 25.1 Å². The van der Waals surface area contributed by atoms with E-state index in [1.807, 2.05) is 13.0 Å². The van der Waals surface area contributed by atoms with Crippen LogP contribution in [0.5, 0.6) is 0 Å². The van der Waals surface area contributed by atoms with E-state index in [1.54, 1.807) is 54.5 Å². The molecule has 3 N–H and O–H groups in total. The molecule has 0 saturated heterocycles. The Labute approximate surface area is 293 Å². The number of ether oxygens (including phenoxy) is 1. The number of carboxylic acids is 1. The number of aliphatic carboxylic acids is 1. The second-order valence-corrected chi connectivity index (χ2v) is 11.7. The van der Waals surface area contributed by atoms with Crippen LogP contribution in [-0.2, 0) is 30.8 Å². The second kappa shape index (κ2) is 17.6. The van der Waals surface area contributed by atoms with E-state index < -0.39 is 16.0 Å². The summed E-state index contributed by atoms with van der Waals surface area (Å²) in [7, 11) is -3.65. The Hall–Kier alpha value is -2.69. The first kappa shape index (κ1) is 36.5. The van der Waals surface area contributed by atoms with Gasteiger partial charge in [0.1, 0.15) is 0 Å². The number of esters is 1. The molecule has 2 atom stereocenters. The molecule has 3 aliphatic carbocycles. The monoisotopic (exact) mass is 638 g/mol. The van der Waals surface area contributed by atoms with Gasteiger partial charge in [0.05, 0.1) is 28.6 Å². The van der Waals surface area contributed by atoms with Crippen LogP contribution in [0.15, 0.2) is 75.2 Å². The number of aryl methyl sites for hydroxylation is 1. The number of fused-ring (bicyclic) bond motifs is 1. The van der Waals surface area contributed by atoms with E-state index in [0.717, 1.165) is 48.8 Å². The summed E-state index contributed by atoms with van der Waals surface area (Å²) >= 11 is 0. The number of rotatable bonds is 8. The van der Waals surface area contributed by atoms with Crippen molar-refractivity contribution in [1.29, 1.82) is 0 Å². The Balaban J connectivity index is 0.000000282. The minimum Gasteiger partial charge on any atom is -0.481 e. The largest absolute Gasteiger partial charge is 1.00 e. The molecule has 0 amide bonds. The first-order valence-corrected chi connectivity index (χ1v) is 15.1. The van der Waals surface area contributed by atoms with Crippen LogP contribution in [0.1, 0.15) is 68.2 Å². The molecule has 2 aromatic rings. The van der Waals surface area contributed by atoms with Gasteiger partial charge in [-0.15, -0.1) is 4.91 Å². The van der Waals surface area contributed by atoms with Crippen LogP contribution in [0.2, 0.25) is 0 Å². The number of aromatic nitrogens is 1. The fourth-order valence-electron chi connectivity index (χ4n) is 5.35. The topological polar surface area (TPSA) is 191 Å². The van der Waals surface area contributed by atoms with Gasteiger partial charge in [-0.1, -0.05) is 35.4 Å². The summed E-state index contributed by atoms with van der Waals surface area (Å²) < 4.78 is 32.3. The molecule has 0 radical (unpaired) electrons. The third kappa shape index (κ3) is 9.40. The van der Waals surface area contributed by atoms with E-state index in [9.17, 15) is 18.0 Å². The molecule has 0 spiro atoms. The maximum absolute atomic E-state index is 12.9. The summed E-state index contributed by atoms with van der Waals surface area (Å²) in [5.74, 6) is -1.52. The van der Waals surface area contributed by atoms with Crippen molar-refractivity contribution >= 4 is 22.0 Å². The zero-order valence-electron chi connectivity index (χ0n) is 24.5. The summed E-state index contributed by atoms with van der Waals surface area (Å²) in [5.41, 5.74) is 15.6. The number of hydrogen-bond donors (Lipinski definition) is 3. The zero-order valence-corrected chi connectivity index (χ0v) is 28.5. The maximum atomic E-state index is 12.9. The van der Waals surface area contributed by atoms with Gasteiger partial charge >= 0.3 is 63.3 Å². The molecule has 5 rings (SSSR count). The number of nitroso groups, excluding NO2 is 1. The number of carbonyl (C=O) groups is 2. The second-order valence-electron chi connectivity index (χ2n) is 9.89. The van der Waals surface area contributed by atoms with Crippen LogP contribution in [0, 0.1) is 17.7 Å². The van der Waals surface area contributed by atoms with Crippen LogP contribution in [0.25, 0.3) is 5.53 Å². The first-order chi connectivity index (χ1) is 20.1. The molecule has 43 heavy (non-hydrogen) atoms. The molecule has 1 aromatic carbocycles. The Morgan fingerprint density at radius 3 is 2.37 bits per heavy atom. The molecule has 0 aliphatic heterocycles. The maximum Gasteiger partial charge on any atom is 1.00 e. The summed E-state index contributed by atoms with van der Waals surface area (Å²) in [6.07, 6.45) is 11.7. The quantitative estimate of drug-likeness (QED) is 0.0967. The molecular formula is C28H35KN6O7S. The van der Waals surface area contributed by atoms with Crippen LogP contribution < -0.4 is 62.5 Å². The predicted octanol–water partition coefficient (Wildman–Crippen LogP) is 1.85. The summed E-state index contributed by atoms with van der Waals surface area (Å²) in [5, 5.41) is 13.2. The van der Waals surface area contributed by atoms with E-state index >= 15 is 0 Å². The van der Waals surface area contributed by atoms with E-state index in [2.05, 4.69) is 16.6 Å². The Bertz CT molecular complexity index is 1450. The van der Waals surface area contributed by atoms with Gasteiger partial charge in [0.25, 0.3) is 10.0 Å². The number of nitrogens with one attached hydrogen (secondary N) is 2. The minimum absolute atomic E-state index is 0. The van der Waals surface area contributed by atoms with Gasteiger partial charge in [-0.25, -0.2) is 17.9 Å². The third-order valence-corrected chi connectivity index (χ3v) is 9.01. The molecule has 13 nitrogen and oxygen atoms in total. The van der Waals surface area contributed by atoms with E-state index in [4.69, 9.17) is 20.3 Å². The zero-order chi connectivity index (χ0) is 30.7. The van der Waals surface area contributed by atoms with Crippen molar-refractivity contribution in [3.05, 3.63) is 87.1 Å². The summed E-state index contributed by atoms with van der Waals surface area (Å²) in [6, 6.07) is 8.53. The predicted molar refractivity (Wildman–Crippen MR) is 154 cm³/mol. The molecule has 0 bridgehead atoms. The number of hydrazine groups is 1. The van der Waals surface area contributed by atoms with Gasteiger partial charge in [-0.05, 0) is 88.1 Å². The average Bonchev–Trinajstić information content (AvgIpc) is 3.65. The summed E-state index contributed by atoms with van der Waals surface area (Å²) in [6.45, 7) is 4.01. The van der Waals surface area contributed by atoms with Gasteiger partial charge in [0.2, 0.25) is 0 Å². The van der Waals surface area contributed by atoms with E-state index in [-0.39, 0.29) is 74.1 Å². The molecule has 226 valence electrons. The number of hydrogen-bond acceptors (Lipinski definition) is 8. The van der Waals surface area contributed by atoms with Crippen molar-refractivity contribution in [2.24, 2.45) is 16.4 Å². The van der Waals surface area contributed by atoms with Gasteiger partial charge in [0.15, 0.2) is 0 Å². The summed E-state index contributed by atoms with van der Waals surface area (Å²) in [4.78, 5) is 32.2. The number of nitrogens with zero attached hydrogens (tertiary/aromatic N) is 4. The number of carboxylic acid groups (broad SMARTS) is 1. The molecule has 3 aliphatic rings. The van der Waals surface area contributed by atoms with Crippen LogP contribution in [0.4, 0.5) is 0 Å². The Kier molecular flexibility index (Phi) is 14.9. The van der Waals surface area contributed by atoms with Gasteiger partial charge in [-0.3, -0.25) is 14.8 Å². The molecule has 1 aromatic heterocycles. The normalized spacial score (nSPS) is 18.2. The third-order valence-electron chi connectivity index (χ3n) is 7.28. The molecular weight excluding hydrogens is 604 g/mol. The van der Waals surface area contributed by atoms with Crippen molar-refractivity contribution in [2.75, 3.05) is 6.61 Å². The molecule has 0 fully saturated rings. The first-order valence-electron chi connectivity index (χ1n) is 13.6. The van der Waals surface area contributed by atoms with Crippen molar-refractivity contribution in [2.45, 2.75) is 69.6 Å². The number of allylic oxidation sites excluding steroid dienone is 3.